The first-order chi connectivity index (χ1) is 17.2. The lowest BCUT2D eigenvalue weighted by Gasteiger charge is -2.22. The Labute approximate surface area is 210 Å². The molecule has 0 saturated carbocycles. The Bertz CT molecular complexity index is 1330. The van der Waals surface area contributed by atoms with Gasteiger partial charge >= 0.3 is 10.2 Å². The minimum absolute atomic E-state index is 0.0126. The highest BCUT2D eigenvalue weighted by Gasteiger charge is 2.32. The van der Waals surface area contributed by atoms with Gasteiger partial charge < -0.3 is 24.7 Å². The summed E-state index contributed by atoms with van der Waals surface area (Å²) in [5.74, 6) is 0.715. The van der Waals surface area contributed by atoms with Gasteiger partial charge in [-0.3, -0.25) is 4.79 Å². The molecule has 11 heteroatoms. The quantitative estimate of drug-likeness (QED) is 0.322. The lowest BCUT2D eigenvalue weighted by molar-refractivity contribution is 0.100. The summed E-state index contributed by atoms with van der Waals surface area (Å²) in [6, 6.07) is 15.4. The monoisotopic (exact) mass is 513 g/mol. The highest BCUT2D eigenvalue weighted by Crippen LogP contribution is 2.35. The van der Waals surface area contributed by atoms with Gasteiger partial charge in [-0.05, 0) is 36.4 Å². The molecule has 0 aliphatic heterocycles. The molecule has 3 aromatic carbocycles. The molecule has 0 saturated heterocycles. The summed E-state index contributed by atoms with van der Waals surface area (Å²) in [6.45, 7) is 0. The van der Waals surface area contributed by atoms with Gasteiger partial charge in [-0.1, -0.05) is 12.1 Å². The number of hydrogen-bond acceptors (Lipinski definition) is 8. The highest BCUT2D eigenvalue weighted by molar-refractivity contribution is 7.92. The first kappa shape index (κ1) is 26.4. The third kappa shape index (κ3) is 5.69. The average Bonchev–Trinajstić information content (AvgIpc) is 2.89. The van der Waals surface area contributed by atoms with Crippen LogP contribution in [0.5, 0.6) is 23.0 Å². The van der Waals surface area contributed by atoms with Crippen LogP contribution in [0, 0.1) is 0 Å². The van der Waals surface area contributed by atoms with E-state index in [1.165, 1.54) is 65.0 Å². The topological polar surface area (TPSA) is 130 Å². The third-order valence-electron chi connectivity index (χ3n) is 5.20. The fourth-order valence-corrected chi connectivity index (χ4v) is 4.50. The van der Waals surface area contributed by atoms with Gasteiger partial charge in [-0.2, -0.15) is 17.1 Å². The molecule has 0 aliphatic carbocycles. The van der Waals surface area contributed by atoms with Crippen molar-refractivity contribution in [2.24, 2.45) is 4.40 Å². The number of nitrogens with two attached hydrogens (primary N) is 1. The van der Waals surface area contributed by atoms with E-state index >= 15 is 0 Å². The number of ether oxygens (including phenoxy) is 4. The summed E-state index contributed by atoms with van der Waals surface area (Å²) in [7, 11) is 1.28. The number of methoxy groups -OCH3 is 4. The molecule has 0 spiro atoms. The van der Waals surface area contributed by atoms with Crippen molar-refractivity contribution >= 4 is 33.7 Å². The van der Waals surface area contributed by atoms with Gasteiger partial charge in [-0.25, -0.2) is 0 Å². The van der Waals surface area contributed by atoms with Crippen LogP contribution in [0.2, 0.25) is 0 Å². The molecule has 0 bridgehead atoms. The van der Waals surface area contributed by atoms with Crippen molar-refractivity contribution in [3.8, 4) is 23.0 Å². The SMILES string of the molecule is COc1cc(OC)c(CC=NS(=O)(=O)N(C(=O)c2ccc(N)cc2)c2ccccc2OC)c(OC)c1. The molecule has 0 radical (unpaired) electrons. The normalized spacial score (nSPS) is 11.2. The van der Waals surface area contributed by atoms with E-state index < -0.39 is 16.1 Å². The maximum atomic E-state index is 13.4. The van der Waals surface area contributed by atoms with E-state index in [-0.39, 0.29) is 23.4 Å². The van der Waals surface area contributed by atoms with Crippen molar-refractivity contribution in [2.75, 3.05) is 38.5 Å². The van der Waals surface area contributed by atoms with Crippen molar-refractivity contribution in [2.45, 2.75) is 6.42 Å². The molecule has 0 aromatic heterocycles. The van der Waals surface area contributed by atoms with Crippen LogP contribution in [0.1, 0.15) is 15.9 Å². The van der Waals surface area contributed by atoms with Crippen LogP contribution in [0.3, 0.4) is 0 Å². The van der Waals surface area contributed by atoms with Gasteiger partial charge in [-0.15, -0.1) is 0 Å². The fourth-order valence-electron chi connectivity index (χ4n) is 3.43. The molecule has 0 atom stereocenters. The Morgan fingerprint density at radius 3 is 2.03 bits per heavy atom. The zero-order valence-corrected chi connectivity index (χ0v) is 21.1. The van der Waals surface area contributed by atoms with E-state index in [1.54, 1.807) is 30.3 Å². The summed E-state index contributed by atoms with van der Waals surface area (Å²) in [5, 5.41) is 0. The maximum Gasteiger partial charge on any atom is 0.351 e. The van der Waals surface area contributed by atoms with Gasteiger partial charge in [0.1, 0.15) is 28.7 Å². The van der Waals surface area contributed by atoms with Crippen LogP contribution in [-0.2, 0) is 16.6 Å². The first-order valence-electron chi connectivity index (χ1n) is 10.7. The first-order valence-corrected chi connectivity index (χ1v) is 12.1. The highest BCUT2D eigenvalue weighted by atomic mass is 32.2. The Balaban J connectivity index is 2.04. The predicted molar refractivity (Wildman–Crippen MR) is 138 cm³/mol. The number of carbonyl (C=O) groups excluding carboxylic acids is 1. The minimum atomic E-state index is -4.55. The van der Waals surface area contributed by atoms with Crippen LogP contribution < -0.4 is 29.0 Å². The average molecular weight is 514 g/mol. The smallest absolute Gasteiger partial charge is 0.351 e. The molecule has 190 valence electrons. The number of para-hydroxylation sites is 2. The van der Waals surface area contributed by atoms with Crippen molar-refractivity contribution < 1.29 is 32.2 Å². The molecule has 0 unspecified atom stereocenters. The Kier molecular flexibility index (Phi) is 8.38. The molecule has 0 aliphatic rings. The summed E-state index contributed by atoms with van der Waals surface area (Å²) < 4.78 is 52.6. The number of benzene rings is 3. The molecule has 3 aromatic rings. The molecule has 3 rings (SSSR count). The zero-order valence-electron chi connectivity index (χ0n) is 20.3. The second kappa shape index (κ2) is 11.5. The minimum Gasteiger partial charge on any atom is -0.496 e. The third-order valence-corrected chi connectivity index (χ3v) is 6.44. The van der Waals surface area contributed by atoms with E-state index in [9.17, 15) is 13.2 Å². The maximum absolute atomic E-state index is 13.4. The van der Waals surface area contributed by atoms with E-state index in [1.807, 2.05) is 0 Å². The Hall–Kier alpha value is -4.25. The summed E-state index contributed by atoms with van der Waals surface area (Å²) in [6.07, 6.45) is 1.20. The van der Waals surface area contributed by atoms with Crippen molar-refractivity contribution in [3.63, 3.8) is 0 Å². The van der Waals surface area contributed by atoms with Crippen LogP contribution in [-0.4, -0.2) is 49.0 Å². The van der Waals surface area contributed by atoms with E-state index in [0.717, 1.165) is 0 Å². The van der Waals surface area contributed by atoms with Crippen LogP contribution in [0.4, 0.5) is 11.4 Å². The van der Waals surface area contributed by atoms with Gasteiger partial charge in [0.25, 0.3) is 5.91 Å². The Morgan fingerprint density at radius 2 is 1.47 bits per heavy atom. The molecule has 1 amide bonds. The number of carbonyl (C=O) groups is 1. The van der Waals surface area contributed by atoms with Crippen LogP contribution in [0.15, 0.2) is 65.1 Å². The number of hydrogen-bond donors (Lipinski definition) is 1. The summed E-state index contributed by atoms with van der Waals surface area (Å²) in [5.41, 5.74) is 6.81. The number of nitrogen functional groups attached to an aromatic ring is 1. The van der Waals surface area contributed by atoms with Crippen LogP contribution >= 0.6 is 0 Å². The summed E-state index contributed by atoms with van der Waals surface area (Å²) >= 11 is 0. The summed E-state index contributed by atoms with van der Waals surface area (Å²) in [4.78, 5) is 13.4. The lowest BCUT2D eigenvalue weighted by atomic mass is 10.1. The van der Waals surface area contributed by atoms with Gasteiger partial charge in [0, 0.05) is 41.6 Å². The van der Waals surface area contributed by atoms with Crippen LogP contribution in [0.25, 0.3) is 0 Å². The molecule has 10 nitrogen and oxygen atoms in total. The fraction of sp³-hybridized carbons (Fsp3) is 0.200. The largest absolute Gasteiger partial charge is 0.496 e. The number of amides is 1. The standard InChI is InChI=1S/C25H27N3O7S/c1-32-19-15-23(34-3)20(24(16-19)35-4)13-14-27-36(30,31)28(21-7-5-6-8-22(21)33-2)25(29)17-9-11-18(26)12-10-17/h5-12,14-16H,13,26H2,1-4H3. The lowest BCUT2D eigenvalue weighted by Crippen LogP contribution is -2.36. The van der Waals surface area contributed by atoms with E-state index in [2.05, 4.69) is 4.40 Å². The number of nitrogens with zero attached hydrogens (tertiary/aromatic N) is 2. The van der Waals surface area contributed by atoms with E-state index in [4.69, 9.17) is 24.7 Å². The second-order valence-corrected chi connectivity index (χ2v) is 8.82. The van der Waals surface area contributed by atoms with Gasteiger partial charge in [0.15, 0.2) is 0 Å². The number of rotatable bonds is 10. The molecular weight excluding hydrogens is 486 g/mol. The molecule has 0 heterocycles. The molecule has 2 N–H and O–H groups in total. The van der Waals surface area contributed by atoms with Crippen molar-refractivity contribution in [3.05, 3.63) is 71.8 Å². The molecular formula is C25H27N3O7S. The zero-order chi connectivity index (χ0) is 26.3. The number of anilines is 2. The molecule has 0 fully saturated rings. The van der Waals surface area contributed by atoms with Crippen molar-refractivity contribution in [1.29, 1.82) is 0 Å². The molecule has 36 heavy (non-hydrogen) atoms. The van der Waals surface area contributed by atoms with E-state index in [0.29, 0.717) is 32.8 Å². The Morgan fingerprint density at radius 1 is 0.889 bits per heavy atom. The van der Waals surface area contributed by atoms with Gasteiger partial charge in [0.05, 0.1) is 28.4 Å². The second-order valence-electron chi connectivity index (χ2n) is 7.34. The van der Waals surface area contributed by atoms with Gasteiger partial charge in [0.2, 0.25) is 0 Å². The van der Waals surface area contributed by atoms with Crippen molar-refractivity contribution in [1.82, 2.24) is 0 Å². The predicted octanol–water partition coefficient (Wildman–Crippen LogP) is 3.51.